The van der Waals surface area contributed by atoms with Crippen molar-refractivity contribution in [1.29, 1.82) is 5.26 Å². The third-order valence-corrected chi connectivity index (χ3v) is 5.65. The summed E-state index contributed by atoms with van der Waals surface area (Å²) in [6.07, 6.45) is 3.14. The smallest absolute Gasteiger partial charge is 0.269 e. The van der Waals surface area contributed by atoms with Gasteiger partial charge in [0.1, 0.15) is 17.7 Å². The summed E-state index contributed by atoms with van der Waals surface area (Å²) in [6, 6.07) is 12.9. The summed E-state index contributed by atoms with van der Waals surface area (Å²) in [5.41, 5.74) is 15.1. The average Bonchev–Trinajstić information content (AvgIpc) is 3.34. The first kappa shape index (κ1) is 22.4. The minimum Gasteiger partial charge on any atom is -0.395 e. The molecule has 5 rings (SSSR count). The molecule has 0 atom stereocenters. The van der Waals surface area contributed by atoms with Gasteiger partial charge in [0.15, 0.2) is 11.5 Å². The maximum atomic E-state index is 14.3. The number of hydrogen-bond acceptors (Lipinski definition) is 8. The molecule has 0 aliphatic carbocycles. The lowest BCUT2D eigenvalue weighted by Gasteiger charge is -2.16. The van der Waals surface area contributed by atoms with E-state index in [9.17, 15) is 14.4 Å². The number of pyridine rings is 1. The lowest BCUT2D eigenvalue weighted by atomic mass is 9.99. The van der Waals surface area contributed by atoms with Crippen molar-refractivity contribution >= 4 is 34.0 Å². The van der Waals surface area contributed by atoms with Crippen LogP contribution in [0.5, 0.6) is 0 Å². The van der Waals surface area contributed by atoms with E-state index in [-0.39, 0.29) is 40.0 Å². The second-order valence-corrected chi connectivity index (χ2v) is 7.94. The predicted octanol–water partition coefficient (Wildman–Crippen LogP) is 3.83. The number of primary amides is 1. The lowest BCUT2D eigenvalue weighted by Crippen LogP contribution is -2.18. The van der Waals surface area contributed by atoms with Gasteiger partial charge < -0.3 is 16.8 Å². The fourth-order valence-electron chi connectivity index (χ4n) is 3.95. The van der Waals surface area contributed by atoms with E-state index in [2.05, 4.69) is 30.5 Å². The molecule has 10 nitrogen and oxygen atoms in total. The van der Waals surface area contributed by atoms with Gasteiger partial charge in [-0.3, -0.25) is 9.89 Å². The number of aryl methyl sites for hydroxylation is 1. The maximum Gasteiger partial charge on any atom is 0.269 e. The molecule has 0 saturated heterocycles. The van der Waals surface area contributed by atoms with Crippen molar-refractivity contribution in [3.8, 4) is 28.7 Å². The van der Waals surface area contributed by atoms with Gasteiger partial charge in [-0.15, -0.1) is 0 Å². The molecule has 3 heterocycles. The Morgan fingerprint density at radius 3 is 2.81 bits per heavy atom. The molecule has 1 amide bonds. The number of nitrogens with two attached hydrogens (primary N) is 2. The zero-order valence-electron chi connectivity index (χ0n) is 18.9. The van der Waals surface area contributed by atoms with Crippen molar-refractivity contribution in [1.82, 2.24) is 25.1 Å². The van der Waals surface area contributed by atoms with Crippen molar-refractivity contribution in [3.63, 3.8) is 0 Å². The van der Waals surface area contributed by atoms with Gasteiger partial charge in [0.05, 0.1) is 34.3 Å². The number of rotatable bonds is 5. The Kier molecular flexibility index (Phi) is 5.46. The Hall–Kier alpha value is -5.37. The molecule has 0 unspecified atom stereocenters. The SMILES string of the molecule is Cc1ccc2[nH]ncc2c1-c1nc(-c2ccc(F)cc2Nc2ncccc2C#N)nc(C(N)=O)c1N. The van der Waals surface area contributed by atoms with Crippen molar-refractivity contribution in [2.45, 2.75) is 6.92 Å². The van der Waals surface area contributed by atoms with E-state index in [1.165, 1.54) is 24.4 Å². The number of hydrogen-bond donors (Lipinski definition) is 4. The number of nitrogens with one attached hydrogen (secondary N) is 2. The van der Waals surface area contributed by atoms with Crippen molar-refractivity contribution < 1.29 is 9.18 Å². The molecule has 2 aromatic carbocycles. The second-order valence-electron chi connectivity index (χ2n) is 7.94. The van der Waals surface area contributed by atoms with E-state index in [4.69, 9.17) is 11.5 Å². The van der Waals surface area contributed by atoms with Crippen molar-refractivity contribution in [3.05, 3.63) is 77.5 Å². The van der Waals surface area contributed by atoms with Gasteiger partial charge in [-0.05, 0) is 48.9 Å². The number of carbonyl (C=O) groups excluding carboxylic acids is 1. The number of nitrogen functional groups attached to an aromatic ring is 1. The molecule has 176 valence electrons. The first-order valence-corrected chi connectivity index (χ1v) is 10.7. The summed E-state index contributed by atoms with van der Waals surface area (Å²) in [6.45, 7) is 1.88. The van der Waals surface area contributed by atoms with Gasteiger partial charge in [0.2, 0.25) is 0 Å². The second kappa shape index (κ2) is 8.77. The van der Waals surface area contributed by atoms with Crippen LogP contribution in [0.4, 0.5) is 21.6 Å². The molecule has 6 N–H and O–H groups in total. The first-order valence-electron chi connectivity index (χ1n) is 10.7. The van der Waals surface area contributed by atoms with Crippen LogP contribution in [0.2, 0.25) is 0 Å². The normalized spacial score (nSPS) is 10.8. The van der Waals surface area contributed by atoms with Crippen LogP contribution in [-0.2, 0) is 0 Å². The number of nitrogens with zero attached hydrogens (tertiary/aromatic N) is 5. The molecule has 0 radical (unpaired) electrons. The van der Waals surface area contributed by atoms with Gasteiger partial charge in [-0.2, -0.15) is 10.4 Å². The highest BCUT2D eigenvalue weighted by molar-refractivity contribution is 6.04. The first-order chi connectivity index (χ1) is 17.4. The maximum absolute atomic E-state index is 14.3. The number of H-pyrrole nitrogens is 1. The molecule has 0 saturated carbocycles. The molecule has 11 heteroatoms. The van der Waals surface area contributed by atoms with Gasteiger partial charge in [0, 0.05) is 22.7 Å². The van der Waals surface area contributed by atoms with Crippen LogP contribution in [-0.4, -0.2) is 31.1 Å². The molecule has 36 heavy (non-hydrogen) atoms. The van der Waals surface area contributed by atoms with E-state index < -0.39 is 11.7 Å². The van der Waals surface area contributed by atoms with Crippen molar-refractivity contribution in [2.75, 3.05) is 11.1 Å². The minimum atomic E-state index is -0.845. The largest absolute Gasteiger partial charge is 0.395 e. The minimum absolute atomic E-state index is 0.0103. The molecule has 5 aromatic rings. The van der Waals surface area contributed by atoms with Crippen LogP contribution in [0, 0.1) is 24.1 Å². The Morgan fingerprint density at radius 1 is 1.19 bits per heavy atom. The highest BCUT2D eigenvalue weighted by atomic mass is 19.1. The zero-order valence-corrected chi connectivity index (χ0v) is 18.9. The van der Waals surface area contributed by atoms with Gasteiger partial charge in [-0.1, -0.05) is 6.07 Å². The van der Waals surface area contributed by atoms with Crippen LogP contribution in [0.3, 0.4) is 0 Å². The number of aromatic amines is 1. The molecule has 0 bridgehead atoms. The molecule has 0 aliphatic rings. The topological polar surface area (TPSA) is 172 Å². The predicted molar refractivity (Wildman–Crippen MR) is 132 cm³/mol. The summed E-state index contributed by atoms with van der Waals surface area (Å²) >= 11 is 0. The standard InChI is InChI=1S/C25H18FN9O/c1-12-4-7-17-16(11-31-35-17)19(12)21-20(28)22(23(29)36)34-25(33-21)15-6-5-14(26)9-18(15)32-24-13(10-27)3-2-8-30-24/h2-9,11H,28H2,1H3,(H2,29,36)(H,30,32)(H,31,35). The third-order valence-electron chi connectivity index (χ3n) is 5.65. The fourth-order valence-corrected chi connectivity index (χ4v) is 3.95. The molecule has 0 fully saturated rings. The summed E-state index contributed by atoms with van der Waals surface area (Å²) in [4.78, 5) is 25.5. The van der Waals surface area contributed by atoms with Crippen molar-refractivity contribution in [2.24, 2.45) is 5.73 Å². The van der Waals surface area contributed by atoms with Gasteiger partial charge in [0.25, 0.3) is 5.91 Å². The van der Waals surface area contributed by atoms with Crippen LogP contribution in [0.15, 0.2) is 54.9 Å². The van der Waals surface area contributed by atoms with E-state index in [1.54, 1.807) is 18.3 Å². The molecule has 0 aliphatic heterocycles. The van der Waals surface area contributed by atoms with Gasteiger partial charge >= 0.3 is 0 Å². The molecular formula is C25H18FN9O. The highest BCUT2D eigenvalue weighted by Crippen LogP contribution is 2.37. The summed E-state index contributed by atoms with van der Waals surface area (Å²) < 4.78 is 14.3. The fraction of sp³-hybridized carbons (Fsp3) is 0.0400. The molecule has 0 spiro atoms. The number of carbonyl (C=O) groups is 1. The van der Waals surface area contributed by atoms with E-state index in [1.807, 2.05) is 25.1 Å². The highest BCUT2D eigenvalue weighted by Gasteiger charge is 2.23. The van der Waals surface area contributed by atoms with E-state index in [0.29, 0.717) is 11.1 Å². The zero-order chi connectivity index (χ0) is 25.4. The number of aromatic nitrogens is 5. The Morgan fingerprint density at radius 2 is 2.03 bits per heavy atom. The third kappa shape index (κ3) is 3.82. The number of halogens is 1. The Balaban J connectivity index is 1.76. The summed E-state index contributed by atoms with van der Waals surface area (Å²) in [7, 11) is 0. The van der Waals surface area contributed by atoms with Crippen LogP contribution in [0.25, 0.3) is 33.5 Å². The van der Waals surface area contributed by atoms with E-state index in [0.717, 1.165) is 16.5 Å². The quantitative estimate of drug-likeness (QED) is 0.294. The number of nitriles is 1. The number of fused-ring (bicyclic) bond motifs is 1. The average molecular weight is 479 g/mol. The Labute approximate surface area is 203 Å². The van der Waals surface area contributed by atoms with E-state index >= 15 is 0 Å². The monoisotopic (exact) mass is 479 g/mol. The number of amides is 1. The lowest BCUT2D eigenvalue weighted by molar-refractivity contribution is 0.0996. The summed E-state index contributed by atoms with van der Waals surface area (Å²) in [5, 5.41) is 20.1. The van der Waals surface area contributed by atoms with Crippen LogP contribution >= 0.6 is 0 Å². The number of benzene rings is 2. The Bertz CT molecular complexity index is 1700. The van der Waals surface area contributed by atoms with Gasteiger partial charge in [-0.25, -0.2) is 19.3 Å². The van der Waals surface area contributed by atoms with Crippen LogP contribution < -0.4 is 16.8 Å². The van der Waals surface area contributed by atoms with Crippen LogP contribution in [0.1, 0.15) is 21.6 Å². The molecule has 3 aromatic heterocycles. The summed E-state index contributed by atoms with van der Waals surface area (Å²) in [5.74, 6) is -1.09. The number of anilines is 3. The molecular weight excluding hydrogens is 461 g/mol.